The van der Waals surface area contributed by atoms with Gasteiger partial charge in [0.2, 0.25) is 5.91 Å². The predicted octanol–water partition coefficient (Wildman–Crippen LogP) is 2.90. The molecule has 1 saturated carbocycles. The average molecular weight is 338 g/mol. The fourth-order valence-corrected chi connectivity index (χ4v) is 5.28. The molecule has 0 unspecified atom stereocenters. The highest BCUT2D eigenvalue weighted by atomic mass is 16.2. The van der Waals surface area contributed by atoms with Crippen LogP contribution in [0.1, 0.15) is 45.1 Å². The number of amides is 1. The molecule has 1 amide bonds. The van der Waals surface area contributed by atoms with Crippen LogP contribution in [-0.4, -0.2) is 45.4 Å². The maximum atomic E-state index is 12.0. The zero-order chi connectivity index (χ0) is 17.3. The van der Waals surface area contributed by atoms with E-state index in [9.17, 15) is 4.79 Å². The second-order valence-electron chi connectivity index (χ2n) is 8.63. The number of aromatic nitrogens is 2. The van der Waals surface area contributed by atoms with Crippen LogP contribution >= 0.6 is 0 Å². The number of hydrogen-bond donors (Lipinski definition) is 0. The van der Waals surface area contributed by atoms with Crippen LogP contribution in [-0.2, 0) is 4.79 Å². The summed E-state index contributed by atoms with van der Waals surface area (Å²) in [6.45, 7) is 9.14. The Labute approximate surface area is 148 Å². The SMILES string of the molecule is CC(=O)N1C[C@@H]2CN(c3c(C4CC4)ccc4cncn34)C[C@@H]2C1(C)C. The maximum absolute atomic E-state index is 12.0. The number of likely N-dealkylation sites (tertiary alicyclic amines) is 1. The number of carbonyl (C=O) groups is 1. The Bertz CT molecular complexity index is 850. The van der Waals surface area contributed by atoms with Gasteiger partial charge in [0, 0.05) is 43.9 Å². The van der Waals surface area contributed by atoms with Gasteiger partial charge in [-0.05, 0) is 44.2 Å². The van der Waals surface area contributed by atoms with Gasteiger partial charge in [-0.15, -0.1) is 0 Å². The van der Waals surface area contributed by atoms with Crippen LogP contribution in [0.4, 0.5) is 5.82 Å². The fraction of sp³-hybridized carbons (Fsp3) is 0.600. The average Bonchev–Trinajstić information content (AvgIpc) is 3.04. The highest BCUT2D eigenvalue weighted by Crippen LogP contribution is 2.48. The normalized spacial score (nSPS) is 28.0. The maximum Gasteiger partial charge on any atom is 0.219 e. The van der Waals surface area contributed by atoms with Crippen LogP contribution in [0.15, 0.2) is 24.7 Å². The Morgan fingerprint density at radius 2 is 2.00 bits per heavy atom. The molecule has 1 aliphatic carbocycles. The molecular weight excluding hydrogens is 312 g/mol. The number of anilines is 1. The van der Waals surface area contributed by atoms with Crippen molar-refractivity contribution >= 4 is 17.2 Å². The van der Waals surface area contributed by atoms with Crippen molar-refractivity contribution in [2.24, 2.45) is 11.8 Å². The Kier molecular flexibility index (Phi) is 3.04. The van der Waals surface area contributed by atoms with E-state index in [1.54, 1.807) is 6.92 Å². The molecule has 5 nitrogen and oxygen atoms in total. The number of fused-ring (bicyclic) bond motifs is 2. The lowest BCUT2D eigenvalue weighted by molar-refractivity contribution is -0.132. The van der Waals surface area contributed by atoms with E-state index >= 15 is 0 Å². The minimum Gasteiger partial charge on any atom is -0.357 e. The Morgan fingerprint density at radius 1 is 1.20 bits per heavy atom. The summed E-state index contributed by atoms with van der Waals surface area (Å²) in [5, 5.41) is 0. The second kappa shape index (κ2) is 4.99. The number of nitrogens with zero attached hydrogens (tertiary/aromatic N) is 4. The summed E-state index contributed by atoms with van der Waals surface area (Å²) >= 11 is 0. The van der Waals surface area contributed by atoms with Crippen molar-refractivity contribution in [3.8, 4) is 0 Å². The Hall–Kier alpha value is -2.04. The van der Waals surface area contributed by atoms with Gasteiger partial charge in [-0.1, -0.05) is 6.07 Å². The van der Waals surface area contributed by atoms with Gasteiger partial charge in [0.1, 0.15) is 12.1 Å². The topological polar surface area (TPSA) is 40.9 Å². The highest BCUT2D eigenvalue weighted by molar-refractivity contribution is 5.75. The molecular formula is C20H26N4O. The first kappa shape index (κ1) is 15.2. The van der Waals surface area contributed by atoms with Crippen LogP contribution < -0.4 is 4.90 Å². The highest BCUT2D eigenvalue weighted by Gasteiger charge is 2.53. The van der Waals surface area contributed by atoms with E-state index in [0.717, 1.165) is 19.6 Å². The first-order chi connectivity index (χ1) is 12.0. The van der Waals surface area contributed by atoms with E-state index in [2.05, 4.69) is 45.2 Å². The lowest BCUT2D eigenvalue weighted by atomic mass is 9.85. The van der Waals surface area contributed by atoms with Crippen molar-refractivity contribution < 1.29 is 4.79 Å². The molecule has 3 fully saturated rings. The Morgan fingerprint density at radius 3 is 2.68 bits per heavy atom. The van der Waals surface area contributed by atoms with E-state index in [1.807, 2.05) is 12.5 Å². The third-order valence-electron chi connectivity index (χ3n) is 6.75. The molecule has 2 atom stereocenters. The summed E-state index contributed by atoms with van der Waals surface area (Å²) in [7, 11) is 0. The van der Waals surface area contributed by atoms with Gasteiger partial charge in [-0.25, -0.2) is 4.98 Å². The molecule has 2 aromatic heterocycles. The fourth-order valence-electron chi connectivity index (χ4n) is 5.28. The van der Waals surface area contributed by atoms with Gasteiger partial charge < -0.3 is 9.80 Å². The van der Waals surface area contributed by atoms with Gasteiger partial charge in [0.25, 0.3) is 0 Å². The van der Waals surface area contributed by atoms with Crippen LogP contribution in [0, 0.1) is 11.8 Å². The summed E-state index contributed by atoms with van der Waals surface area (Å²) in [4.78, 5) is 21.1. The molecule has 2 aromatic rings. The molecule has 2 aliphatic heterocycles. The standard InChI is InChI=1S/C20H26N4O/c1-13(25)24-10-15-9-22(11-18(15)20(24,2)3)19-17(14-4-5-14)7-6-16-8-21-12-23(16)19/h6-8,12,14-15,18H,4-5,9-11H2,1-3H3/t15-,18-/m0/s1. The third-order valence-corrected chi connectivity index (χ3v) is 6.75. The van der Waals surface area contributed by atoms with Crippen molar-refractivity contribution in [2.45, 2.75) is 45.1 Å². The summed E-state index contributed by atoms with van der Waals surface area (Å²) in [6.07, 6.45) is 6.51. The van der Waals surface area contributed by atoms with Crippen molar-refractivity contribution in [3.05, 3.63) is 30.2 Å². The number of imidazole rings is 1. The minimum atomic E-state index is -0.0617. The molecule has 0 N–H and O–H groups in total. The summed E-state index contributed by atoms with van der Waals surface area (Å²) in [5.74, 6) is 3.36. The van der Waals surface area contributed by atoms with Crippen molar-refractivity contribution in [2.75, 3.05) is 24.5 Å². The second-order valence-corrected chi connectivity index (χ2v) is 8.63. The molecule has 0 bridgehead atoms. The third kappa shape index (κ3) is 2.14. The van der Waals surface area contributed by atoms with E-state index in [0.29, 0.717) is 17.8 Å². The lowest BCUT2D eigenvalue weighted by Crippen LogP contribution is -2.47. The molecule has 132 valence electrons. The van der Waals surface area contributed by atoms with Crippen LogP contribution in [0.5, 0.6) is 0 Å². The van der Waals surface area contributed by atoms with Crippen molar-refractivity contribution in [3.63, 3.8) is 0 Å². The van der Waals surface area contributed by atoms with Gasteiger partial charge >= 0.3 is 0 Å². The number of pyridine rings is 1. The molecule has 25 heavy (non-hydrogen) atoms. The molecule has 5 rings (SSSR count). The number of hydrogen-bond acceptors (Lipinski definition) is 3. The first-order valence-corrected chi connectivity index (χ1v) is 9.45. The monoisotopic (exact) mass is 338 g/mol. The van der Waals surface area contributed by atoms with Gasteiger partial charge in [0.15, 0.2) is 0 Å². The van der Waals surface area contributed by atoms with E-state index < -0.39 is 0 Å². The number of carbonyl (C=O) groups excluding carboxylic acids is 1. The number of rotatable bonds is 2. The van der Waals surface area contributed by atoms with Gasteiger partial charge in [-0.2, -0.15) is 0 Å². The van der Waals surface area contributed by atoms with Crippen LogP contribution in [0.3, 0.4) is 0 Å². The zero-order valence-corrected chi connectivity index (χ0v) is 15.3. The van der Waals surface area contributed by atoms with Crippen LogP contribution in [0.2, 0.25) is 0 Å². The van der Waals surface area contributed by atoms with Crippen LogP contribution in [0.25, 0.3) is 5.52 Å². The smallest absolute Gasteiger partial charge is 0.219 e. The van der Waals surface area contributed by atoms with Crippen molar-refractivity contribution in [1.82, 2.24) is 14.3 Å². The molecule has 5 heteroatoms. The van der Waals surface area contributed by atoms with E-state index in [4.69, 9.17) is 0 Å². The van der Waals surface area contributed by atoms with E-state index in [-0.39, 0.29) is 11.4 Å². The summed E-state index contributed by atoms with van der Waals surface area (Å²) in [5.41, 5.74) is 2.58. The van der Waals surface area contributed by atoms with Gasteiger partial charge in [0.05, 0.1) is 11.7 Å². The zero-order valence-electron chi connectivity index (χ0n) is 15.3. The lowest BCUT2D eigenvalue weighted by Gasteiger charge is -2.36. The predicted molar refractivity (Wildman–Crippen MR) is 97.8 cm³/mol. The molecule has 4 heterocycles. The first-order valence-electron chi connectivity index (χ1n) is 9.45. The Balaban J connectivity index is 1.53. The van der Waals surface area contributed by atoms with Crippen molar-refractivity contribution in [1.29, 1.82) is 0 Å². The summed E-state index contributed by atoms with van der Waals surface area (Å²) < 4.78 is 2.27. The quantitative estimate of drug-likeness (QED) is 0.845. The largest absolute Gasteiger partial charge is 0.357 e. The van der Waals surface area contributed by atoms with Gasteiger partial charge in [-0.3, -0.25) is 9.20 Å². The molecule has 0 aromatic carbocycles. The summed E-state index contributed by atoms with van der Waals surface area (Å²) in [6, 6.07) is 4.51. The molecule has 2 saturated heterocycles. The molecule has 3 aliphatic rings. The minimum absolute atomic E-state index is 0.0617. The molecule has 0 radical (unpaired) electrons. The molecule has 0 spiro atoms. The van der Waals surface area contributed by atoms with E-state index in [1.165, 1.54) is 29.7 Å².